The molecule has 0 N–H and O–H groups in total. The number of carbonyl (C=O) groups is 2. The number of ether oxygens (including phenoxy) is 2. The van der Waals surface area contributed by atoms with Crippen molar-refractivity contribution in [2.45, 2.75) is 32.3 Å². The lowest BCUT2D eigenvalue weighted by atomic mass is 10.1. The maximum Gasteiger partial charge on any atom is 0.339 e. The van der Waals surface area contributed by atoms with Crippen LogP contribution in [0.4, 0.5) is 5.69 Å². The predicted molar refractivity (Wildman–Crippen MR) is 123 cm³/mol. The van der Waals surface area contributed by atoms with Gasteiger partial charge in [0.1, 0.15) is 6.61 Å². The molecular formula is C26H23NO6. The van der Waals surface area contributed by atoms with Gasteiger partial charge in [0, 0.05) is 43.9 Å². The molecule has 0 fully saturated rings. The highest BCUT2D eigenvalue weighted by Crippen LogP contribution is 2.14. The van der Waals surface area contributed by atoms with E-state index in [1.165, 1.54) is 31.2 Å². The van der Waals surface area contributed by atoms with Crippen molar-refractivity contribution in [3.63, 3.8) is 0 Å². The third-order valence-electron chi connectivity index (χ3n) is 4.18. The standard InChI is InChI=1S/C26H23NO6/c1-20(19-32-21(2)28)9-8-14-25(13-7-6-12-22-10-4-3-5-11-22)33-26(29)23-15-17-24(18-16-23)27(30)31/h3-5,10-11,15-18,25H,1,7,9,13,19H2,2H3. The highest BCUT2D eigenvalue weighted by Gasteiger charge is 2.15. The number of hydrogen-bond acceptors (Lipinski definition) is 6. The van der Waals surface area contributed by atoms with Crippen LogP contribution in [-0.4, -0.2) is 29.6 Å². The summed E-state index contributed by atoms with van der Waals surface area (Å²) in [5.41, 5.74) is 1.55. The van der Waals surface area contributed by atoms with E-state index in [4.69, 9.17) is 9.47 Å². The minimum absolute atomic E-state index is 0.0693. The average molecular weight is 445 g/mol. The van der Waals surface area contributed by atoms with Gasteiger partial charge in [-0.1, -0.05) is 48.5 Å². The van der Waals surface area contributed by atoms with Crippen LogP contribution in [0.5, 0.6) is 0 Å². The van der Waals surface area contributed by atoms with Gasteiger partial charge in [-0.15, -0.1) is 0 Å². The number of carbonyl (C=O) groups excluding carboxylic acids is 2. The van der Waals surface area contributed by atoms with Crippen molar-refractivity contribution in [1.29, 1.82) is 0 Å². The molecule has 33 heavy (non-hydrogen) atoms. The van der Waals surface area contributed by atoms with E-state index in [1.807, 2.05) is 30.3 Å². The third kappa shape index (κ3) is 9.54. The molecule has 7 nitrogen and oxygen atoms in total. The van der Waals surface area contributed by atoms with Gasteiger partial charge in [0.25, 0.3) is 5.69 Å². The van der Waals surface area contributed by atoms with Gasteiger partial charge in [-0.25, -0.2) is 4.79 Å². The lowest BCUT2D eigenvalue weighted by Gasteiger charge is -2.11. The van der Waals surface area contributed by atoms with Crippen LogP contribution in [0, 0.1) is 33.8 Å². The second-order valence-electron chi connectivity index (χ2n) is 6.93. The van der Waals surface area contributed by atoms with Crippen LogP contribution < -0.4 is 0 Å². The summed E-state index contributed by atoms with van der Waals surface area (Å²) in [5.74, 6) is 10.8. The highest BCUT2D eigenvalue weighted by atomic mass is 16.6. The molecule has 0 aliphatic heterocycles. The lowest BCUT2D eigenvalue weighted by molar-refractivity contribution is -0.384. The first-order chi connectivity index (χ1) is 15.8. The first-order valence-corrected chi connectivity index (χ1v) is 10.1. The molecule has 168 valence electrons. The summed E-state index contributed by atoms with van der Waals surface area (Å²) >= 11 is 0. The molecule has 2 aromatic carbocycles. The number of nitro benzene ring substituents is 1. The SMILES string of the molecule is C=C(CC#CC(CCC#Cc1ccccc1)OC(=O)c1ccc([N+](=O)[O-])cc1)COC(C)=O. The zero-order valence-electron chi connectivity index (χ0n) is 18.2. The molecule has 0 bridgehead atoms. The summed E-state index contributed by atoms with van der Waals surface area (Å²) in [4.78, 5) is 33.6. The van der Waals surface area contributed by atoms with Crippen molar-refractivity contribution in [2.75, 3.05) is 6.61 Å². The second-order valence-corrected chi connectivity index (χ2v) is 6.93. The van der Waals surface area contributed by atoms with Gasteiger partial charge in [0.2, 0.25) is 0 Å². The van der Waals surface area contributed by atoms with Gasteiger partial charge in [-0.3, -0.25) is 14.9 Å². The van der Waals surface area contributed by atoms with Gasteiger partial charge in [0.05, 0.1) is 10.5 Å². The fraction of sp³-hybridized carbons (Fsp3) is 0.231. The van der Waals surface area contributed by atoms with E-state index in [9.17, 15) is 19.7 Å². The molecule has 0 saturated carbocycles. The average Bonchev–Trinajstić information content (AvgIpc) is 2.81. The van der Waals surface area contributed by atoms with Crippen LogP contribution in [0.15, 0.2) is 66.7 Å². The Hall–Kier alpha value is -4.36. The number of hydrogen-bond donors (Lipinski definition) is 0. The Kier molecular flexibility index (Phi) is 9.92. The monoisotopic (exact) mass is 445 g/mol. The maximum absolute atomic E-state index is 12.5. The smallest absolute Gasteiger partial charge is 0.339 e. The normalized spacial score (nSPS) is 10.5. The first kappa shape index (κ1) is 24.9. The van der Waals surface area contributed by atoms with Crippen LogP contribution in [-0.2, 0) is 14.3 Å². The Bertz CT molecular complexity index is 1110. The largest absolute Gasteiger partial charge is 0.461 e. The van der Waals surface area contributed by atoms with Gasteiger partial charge in [0.15, 0.2) is 6.10 Å². The molecule has 0 aromatic heterocycles. The summed E-state index contributed by atoms with van der Waals surface area (Å²) in [6.45, 7) is 5.18. The molecule has 0 heterocycles. The Balaban J connectivity index is 2.04. The fourth-order valence-electron chi connectivity index (χ4n) is 2.51. The van der Waals surface area contributed by atoms with E-state index in [0.29, 0.717) is 18.4 Å². The third-order valence-corrected chi connectivity index (χ3v) is 4.18. The summed E-state index contributed by atoms with van der Waals surface area (Å²) < 4.78 is 10.4. The van der Waals surface area contributed by atoms with E-state index < -0.39 is 23.0 Å². The molecular weight excluding hydrogens is 422 g/mol. The fourth-order valence-corrected chi connectivity index (χ4v) is 2.51. The lowest BCUT2D eigenvalue weighted by Crippen LogP contribution is -2.17. The predicted octanol–water partition coefficient (Wildman–Crippen LogP) is 4.46. The van der Waals surface area contributed by atoms with Crippen LogP contribution in [0.3, 0.4) is 0 Å². The molecule has 0 saturated heterocycles. The Morgan fingerprint density at radius 2 is 1.79 bits per heavy atom. The molecule has 1 atom stereocenters. The van der Waals surface area contributed by atoms with Gasteiger partial charge in [-0.2, -0.15) is 0 Å². The van der Waals surface area contributed by atoms with E-state index >= 15 is 0 Å². The minimum Gasteiger partial charge on any atom is -0.461 e. The van der Waals surface area contributed by atoms with Crippen molar-refractivity contribution < 1.29 is 24.0 Å². The van der Waals surface area contributed by atoms with Crippen LogP contribution in [0.25, 0.3) is 0 Å². The number of benzene rings is 2. The summed E-state index contributed by atoms with van der Waals surface area (Å²) in [5, 5.41) is 10.8. The molecule has 0 amide bonds. The summed E-state index contributed by atoms with van der Waals surface area (Å²) in [6.07, 6.45) is 0.353. The zero-order valence-corrected chi connectivity index (χ0v) is 18.2. The van der Waals surface area contributed by atoms with Crippen molar-refractivity contribution >= 4 is 17.6 Å². The van der Waals surface area contributed by atoms with E-state index in [-0.39, 0.29) is 24.3 Å². The van der Waals surface area contributed by atoms with E-state index in [0.717, 1.165) is 5.56 Å². The topological polar surface area (TPSA) is 95.7 Å². The van der Waals surface area contributed by atoms with Gasteiger partial charge < -0.3 is 9.47 Å². The van der Waals surface area contributed by atoms with Gasteiger partial charge >= 0.3 is 11.9 Å². The quantitative estimate of drug-likeness (QED) is 0.196. The van der Waals surface area contributed by atoms with Crippen LogP contribution in [0.2, 0.25) is 0 Å². The minimum atomic E-state index is -0.737. The highest BCUT2D eigenvalue weighted by molar-refractivity contribution is 5.89. The molecule has 0 radical (unpaired) electrons. The molecule has 0 spiro atoms. The molecule has 0 aliphatic rings. The van der Waals surface area contributed by atoms with Crippen molar-refractivity contribution in [2.24, 2.45) is 0 Å². The number of nitro groups is 1. The number of esters is 2. The number of non-ortho nitro benzene ring substituents is 1. The van der Waals surface area contributed by atoms with E-state index in [1.54, 1.807) is 0 Å². The van der Waals surface area contributed by atoms with Crippen molar-refractivity contribution in [1.82, 2.24) is 0 Å². The molecule has 1 unspecified atom stereocenters. The Labute approximate surface area is 192 Å². The molecule has 2 aromatic rings. The molecule has 0 aliphatic carbocycles. The number of nitrogens with zero attached hydrogens (tertiary/aromatic N) is 1. The molecule has 7 heteroatoms. The van der Waals surface area contributed by atoms with Crippen molar-refractivity contribution in [3.8, 4) is 23.7 Å². The van der Waals surface area contributed by atoms with E-state index in [2.05, 4.69) is 30.3 Å². The van der Waals surface area contributed by atoms with Crippen LogP contribution in [0.1, 0.15) is 42.1 Å². The maximum atomic E-state index is 12.5. The Morgan fingerprint density at radius 3 is 2.42 bits per heavy atom. The second kappa shape index (κ2) is 13.1. The summed E-state index contributed by atoms with van der Waals surface area (Å²) in [7, 11) is 0. The Morgan fingerprint density at radius 1 is 1.09 bits per heavy atom. The van der Waals surface area contributed by atoms with Gasteiger partial charge in [-0.05, 0) is 29.8 Å². The first-order valence-electron chi connectivity index (χ1n) is 10.1. The molecule has 2 rings (SSSR count). The zero-order chi connectivity index (χ0) is 24.1. The number of rotatable bonds is 8. The summed E-state index contributed by atoms with van der Waals surface area (Å²) in [6, 6.07) is 14.6. The van der Waals surface area contributed by atoms with Crippen LogP contribution >= 0.6 is 0 Å². The van der Waals surface area contributed by atoms with Crippen molar-refractivity contribution in [3.05, 3.63) is 88.0 Å².